The quantitative estimate of drug-likeness (QED) is 0.502. The number of rotatable bonds is 4. The summed E-state index contributed by atoms with van der Waals surface area (Å²) in [6.07, 6.45) is 7.12. The van der Waals surface area contributed by atoms with E-state index < -0.39 is 11.6 Å². The number of imidazole rings is 1. The summed E-state index contributed by atoms with van der Waals surface area (Å²) >= 11 is 0. The van der Waals surface area contributed by atoms with Crippen LogP contribution in [0.2, 0.25) is 0 Å². The fraction of sp³-hybridized carbons (Fsp3) is 0.261. The number of hydrogen-bond donors (Lipinski definition) is 2. The predicted octanol–water partition coefficient (Wildman–Crippen LogP) is 4.13. The minimum Gasteiger partial charge on any atom is -0.366 e. The standard InChI is InChI=1S/C23H23F2N7/c1-14-5-6-15(26)13-31(14)21-9-10-27-12-20(21)29-23-28-11-16-7-8-19(30-32(16)23)22-17(24)3-2-4-18(22)25/h2-4,7-12,14-15H,5-6,13,26H2,1H3,(H,28,29)/t14-,15-/m1/s1. The van der Waals surface area contributed by atoms with Crippen LogP contribution < -0.4 is 16.0 Å². The van der Waals surface area contributed by atoms with Crippen LogP contribution in [0.25, 0.3) is 16.8 Å². The molecular formula is C23H23F2N7. The van der Waals surface area contributed by atoms with Crippen LogP contribution in [0.5, 0.6) is 0 Å². The third-order valence-corrected chi connectivity index (χ3v) is 5.88. The first-order chi connectivity index (χ1) is 15.5. The zero-order valence-electron chi connectivity index (χ0n) is 17.5. The summed E-state index contributed by atoms with van der Waals surface area (Å²) in [5.74, 6) is -0.922. The molecule has 7 nitrogen and oxygen atoms in total. The summed E-state index contributed by atoms with van der Waals surface area (Å²) in [6, 6.07) is 9.45. The van der Waals surface area contributed by atoms with E-state index in [2.05, 4.69) is 32.2 Å². The van der Waals surface area contributed by atoms with E-state index in [4.69, 9.17) is 5.73 Å². The highest BCUT2D eigenvalue weighted by Gasteiger charge is 2.25. The Morgan fingerprint density at radius 3 is 2.69 bits per heavy atom. The number of aromatic nitrogens is 4. The molecule has 0 bridgehead atoms. The van der Waals surface area contributed by atoms with E-state index in [1.807, 2.05) is 6.07 Å². The first-order valence-corrected chi connectivity index (χ1v) is 10.5. The van der Waals surface area contributed by atoms with Gasteiger partial charge in [-0.05, 0) is 50.1 Å². The summed E-state index contributed by atoms with van der Waals surface area (Å²) in [5, 5.41) is 7.74. The molecule has 0 radical (unpaired) electrons. The summed E-state index contributed by atoms with van der Waals surface area (Å²) in [6.45, 7) is 2.93. The number of nitrogens with two attached hydrogens (primary N) is 1. The Hall–Kier alpha value is -3.59. The lowest BCUT2D eigenvalue weighted by Gasteiger charge is -2.39. The molecule has 0 spiro atoms. The van der Waals surface area contributed by atoms with Crippen molar-refractivity contribution in [3.05, 3.63) is 66.6 Å². The van der Waals surface area contributed by atoms with Crippen molar-refractivity contribution in [1.29, 1.82) is 0 Å². The molecule has 0 aliphatic carbocycles. The van der Waals surface area contributed by atoms with Crippen LogP contribution in [0.4, 0.5) is 26.1 Å². The minimum atomic E-state index is -0.670. The minimum absolute atomic E-state index is 0.111. The van der Waals surface area contributed by atoms with Crippen molar-refractivity contribution in [2.24, 2.45) is 5.73 Å². The van der Waals surface area contributed by atoms with E-state index in [1.54, 1.807) is 30.7 Å². The van der Waals surface area contributed by atoms with E-state index in [0.717, 1.165) is 30.8 Å². The smallest absolute Gasteiger partial charge is 0.229 e. The fourth-order valence-corrected chi connectivity index (χ4v) is 4.17. The molecule has 9 heteroatoms. The van der Waals surface area contributed by atoms with Gasteiger partial charge in [0.1, 0.15) is 11.6 Å². The number of nitrogens with one attached hydrogen (secondary N) is 1. The number of benzene rings is 1. The average molecular weight is 435 g/mol. The van der Waals surface area contributed by atoms with Crippen LogP contribution >= 0.6 is 0 Å². The topological polar surface area (TPSA) is 84.4 Å². The van der Waals surface area contributed by atoms with Crippen LogP contribution in [0, 0.1) is 11.6 Å². The Morgan fingerprint density at radius 2 is 1.88 bits per heavy atom. The summed E-state index contributed by atoms with van der Waals surface area (Å²) in [7, 11) is 0. The Labute approximate surface area is 183 Å². The van der Waals surface area contributed by atoms with Gasteiger partial charge in [0.05, 0.1) is 40.5 Å². The van der Waals surface area contributed by atoms with Crippen molar-refractivity contribution in [3.63, 3.8) is 0 Å². The molecule has 32 heavy (non-hydrogen) atoms. The van der Waals surface area contributed by atoms with Gasteiger partial charge in [-0.2, -0.15) is 9.61 Å². The van der Waals surface area contributed by atoms with Crippen LogP contribution in [0.15, 0.2) is 55.0 Å². The second kappa shape index (κ2) is 8.16. The number of hydrogen-bond acceptors (Lipinski definition) is 6. The number of nitrogens with zero attached hydrogens (tertiary/aromatic N) is 5. The van der Waals surface area contributed by atoms with E-state index >= 15 is 0 Å². The molecule has 1 saturated heterocycles. The molecule has 3 aromatic heterocycles. The lowest BCUT2D eigenvalue weighted by Crippen LogP contribution is -2.47. The molecule has 5 rings (SSSR count). The zero-order valence-corrected chi connectivity index (χ0v) is 17.5. The fourth-order valence-electron chi connectivity index (χ4n) is 4.17. The molecule has 0 amide bonds. The first-order valence-electron chi connectivity index (χ1n) is 10.5. The van der Waals surface area contributed by atoms with Crippen molar-refractivity contribution in [2.75, 3.05) is 16.8 Å². The summed E-state index contributed by atoms with van der Waals surface area (Å²) in [5.41, 5.74) is 8.63. The molecule has 1 aromatic carbocycles. The predicted molar refractivity (Wildman–Crippen MR) is 120 cm³/mol. The molecular weight excluding hydrogens is 412 g/mol. The Morgan fingerprint density at radius 1 is 1.06 bits per heavy atom. The highest BCUT2D eigenvalue weighted by Crippen LogP contribution is 2.32. The van der Waals surface area contributed by atoms with Crippen LogP contribution in [0.3, 0.4) is 0 Å². The molecule has 2 atom stereocenters. The second-order valence-electron chi connectivity index (χ2n) is 8.09. The van der Waals surface area contributed by atoms with Gasteiger partial charge in [0, 0.05) is 24.8 Å². The lowest BCUT2D eigenvalue weighted by molar-refractivity contribution is 0.437. The van der Waals surface area contributed by atoms with Gasteiger partial charge in [0.15, 0.2) is 0 Å². The van der Waals surface area contributed by atoms with Gasteiger partial charge in [0.25, 0.3) is 0 Å². The molecule has 1 aliphatic heterocycles. The van der Waals surface area contributed by atoms with Crippen LogP contribution in [-0.2, 0) is 0 Å². The maximum absolute atomic E-state index is 14.3. The van der Waals surface area contributed by atoms with E-state index in [9.17, 15) is 8.78 Å². The normalized spacial score (nSPS) is 18.8. The van der Waals surface area contributed by atoms with Crippen molar-refractivity contribution in [1.82, 2.24) is 19.6 Å². The maximum atomic E-state index is 14.3. The number of fused-ring (bicyclic) bond motifs is 1. The molecule has 0 unspecified atom stereocenters. The van der Waals surface area contributed by atoms with E-state index in [-0.39, 0.29) is 17.3 Å². The SMILES string of the molecule is C[C@@H]1CC[C@@H](N)CN1c1ccncc1Nc1ncc2ccc(-c3c(F)cccc3F)nn12. The summed E-state index contributed by atoms with van der Waals surface area (Å²) < 4.78 is 30.1. The third-order valence-electron chi connectivity index (χ3n) is 5.88. The van der Waals surface area contributed by atoms with Gasteiger partial charge in [0.2, 0.25) is 5.95 Å². The lowest BCUT2D eigenvalue weighted by atomic mass is 9.99. The number of pyridine rings is 1. The average Bonchev–Trinajstić information content (AvgIpc) is 3.18. The first kappa shape index (κ1) is 20.3. The molecule has 3 N–H and O–H groups in total. The Balaban J connectivity index is 1.53. The molecule has 4 heterocycles. The number of anilines is 3. The van der Waals surface area contributed by atoms with Crippen molar-refractivity contribution in [3.8, 4) is 11.3 Å². The maximum Gasteiger partial charge on any atom is 0.229 e. The molecule has 1 aliphatic rings. The third kappa shape index (κ3) is 3.64. The molecule has 164 valence electrons. The largest absolute Gasteiger partial charge is 0.366 e. The Kier molecular flexibility index (Phi) is 5.18. The zero-order chi connectivity index (χ0) is 22.2. The van der Waals surface area contributed by atoms with Crippen molar-refractivity contribution in [2.45, 2.75) is 31.8 Å². The van der Waals surface area contributed by atoms with Gasteiger partial charge in [-0.15, -0.1) is 0 Å². The number of piperidine rings is 1. The van der Waals surface area contributed by atoms with Crippen LogP contribution in [-0.4, -0.2) is 38.2 Å². The van der Waals surface area contributed by atoms with Crippen LogP contribution in [0.1, 0.15) is 19.8 Å². The van der Waals surface area contributed by atoms with E-state index in [1.165, 1.54) is 22.7 Å². The van der Waals surface area contributed by atoms with Gasteiger partial charge in [-0.3, -0.25) is 4.98 Å². The van der Waals surface area contributed by atoms with Gasteiger partial charge < -0.3 is 16.0 Å². The Bertz CT molecular complexity index is 1250. The van der Waals surface area contributed by atoms with Crippen molar-refractivity contribution < 1.29 is 8.78 Å². The number of halogens is 2. The van der Waals surface area contributed by atoms with Gasteiger partial charge in [-0.25, -0.2) is 13.8 Å². The van der Waals surface area contributed by atoms with Gasteiger partial charge >= 0.3 is 0 Å². The molecule has 0 saturated carbocycles. The second-order valence-corrected chi connectivity index (χ2v) is 8.09. The van der Waals surface area contributed by atoms with Crippen molar-refractivity contribution >= 4 is 22.8 Å². The highest BCUT2D eigenvalue weighted by atomic mass is 19.1. The monoisotopic (exact) mass is 435 g/mol. The molecule has 4 aromatic rings. The highest BCUT2D eigenvalue weighted by molar-refractivity contribution is 5.74. The molecule has 1 fully saturated rings. The van der Waals surface area contributed by atoms with E-state index in [0.29, 0.717) is 17.5 Å². The van der Waals surface area contributed by atoms with Gasteiger partial charge in [-0.1, -0.05) is 6.07 Å². The summed E-state index contributed by atoms with van der Waals surface area (Å²) in [4.78, 5) is 10.9.